The normalized spacial score (nSPS) is 10.2. The number of nitriles is 1. The fraction of sp³-hybridized carbons (Fsp3) is 0.105. The van der Waals surface area contributed by atoms with Crippen LogP contribution in [0.3, 0.4) is 0 Å². The summed E-state index contributed by atoms with van der Waals surface area (Å²) in [7, 11) is 1.61. The van der Waals surface area contributed by atoms with Gasteiger partial charge in [-0.25, -0.2) is 4.98 Å². The van der Waals surface area contributed by atoms with Gasteiger partial charge in [-0.1, -0.05) is 12.1 Å². The van der Waals surface area contributed by atoms with Crippen molar-refractivity contribution < 1.29 is 9.72 Å². The van der Waals surface area contributed by atoms with Crippen molar-refractivity contribution in [1.29, 1.82) is 5.26 Å². The molecule has 0 aliphatic carbocycles. The Bertz CT molecular complexity index is 1040. The van der Waals surface area contributed by atoms with E-state index in [9.17, 15) is 14.9 Å². The van der Waals surface area contributed by atoms with Gasteiger partial charge < -0.3 is 9.47 Å². The van der Waals surface area contributed by atoms with Crippen LogP contribution in [0, 0.1) is 21.4 Å². The molecule has 1 aromatic heterocycles. The fourth-order valence-corrected chi connectivity index (χ4v) is 2.73. The first-order chi connectivity index (χ1) is 13.0. The summed E-state index contributed by atoms with van der Waals surface area (Å²) < 4.78 is 1.52. The Labute approximate surface area is 155 Å². The van der Waals surface area contributed by atoms with E-state index in [1.54, 1.807) is 37.5 Å². The van der Waals surface area contributed by atoms with E-state index in [1.165, 1.54) is 34.1 Å². The Morgan fingerprint density at radius 2 is 2.15 bits per heavy atom. The molecule has 0 atom stereocenters. The van der Waals surface area contributed by atoms with E-state index in [0.717, 1.165) is 5.56 Å². The zero-order valence-corrected chi connectivity index (χ0v) is 14.4. The molecule has 0 aliphatic heterocycles. The molecule has 0 radical (unpaired) electrons. The highest BCUT2D eigenvalue weighted by Crippen LogP contribution is 2.25. The zero-order valence-electron chi connectivity index (χ0n) is 14.4. The van der Waals surface area contributed by atoms with Crippen LogP contribution in [-0.4, -0.2) is 32.3 Å². The third kappa shape index (κ3) is 3.82. The van der Waals surface area contributed by atoms with Crippen LogP contribution >= 0.6 is 0 Å². The zero-order chi connectivity index (χ0) is 19.4. The highest BCUT2D eigenvalue weighted by atomic mass is 16.6. The van der Waals surface area contributed by atoms with E-state index in [4.69, 9.17) is 5.26 Å². The molecule has 0 saturated carbocycles. The number of nitro groups is 1. The van der Waals surface area contributed by atoms with E-state index < -0.39 is 4.92 Å². The van der Waals surface area contributed by atoms with E-state index in [-0.39, 0.29) is 23.7 Å². The predicted molar refractivity (Wildman–Crippen MR) is 97.2 cm³/mol. The highest BCUT2D eigenvalue weighted by molar-refractivity contribution is 5.95. The molecular weight excluding hydrogens is 346 g/mol. The monoisotopic (exact) mass is 361 g/mol. The maximum absolute atomic E-state index is 12.7. The van der Waals surface area contributed by atoms with Crippen LogP contribution in [0.5, 0.6) is 0 Å². The Hall–Kier alpha value is -3.99. The van der Waals surface area contributed by atoms with Crippen molar-refractivity contribution in [1.82, 2.24) is 14.5 Å². The van der Waals surface area contributed by atoms with Crippen LogP contribution in [0.15, 0.2) is 61.2 Å². The van der Waals surface area contributed by atoms with Crippen LogP contribution < -0.4 is 0 Å². The van der Waals surface area contributed by atoms with E-state index in [2.05, 4.69) is 11.1 Å². The molecule has 8 nitrogen and oxygen atoms in total. The first kappa shape index (κ1) is 17.8. The van der Waals surface area contributed by atoms with E-state index in [1.807, 2.05) is 6.07 Å². The molecule has 27 heavy (non-hydrogen) atoms. The Kier molecular flexibility index (Phi) is 4.95. The standard InChI is InChI=1S/C19H15N5O3/c1-22(12-15-4-2-3-14(9-15)11-20)19(25)16-5-6-17(18(10-16)24(26)27)23-8-7-21-13-23/h2-10,13H,12H2,1H3. The molecule has 0 saturated heterocycles. The second kappa shape index (κ2) is 7.49. The number of carbonyl (C=O) groups is 1. The van der Waals surface area contributed by atoms with Crippen molar-refractivity contribution in [2.45, 2.75) is 6.54 Å². The molecule has 0 aliphatic rings. The van der Waals surface area contributed by atoms with Gasteiger partial charge in [0.1, 0.15) is 5.69 Å². The average molecular weight is 361 g/mol. The van der Waals surface area contributed by atoms with Crippen molar-refractivity contribution in [3.63, 3.8) is 0 Å². The molecule has 3 aromatic rings. The van der Waals surface area contributed by atoms with Crippen LogP contribution in [-0.2, 0) is 6.54 Å². The van der Waals surface area contributed by atoms with Gasteiger partial charge in [0.2, 0.25) is 0 Å². The number of aromatic nitrogens is 2. The van der Waals surface area contributed by atoms with Gasteiger partial charge in [0, 0.05) is 37.6 Å². The van der Waals surface area contributed by atoms with E-state index >= 15 is 0 Å². The lowest BCUT2D eigenvalue weighted by atomic mass is 10.1. The molecular formula is C19H15N5O3. The van der Waals surface area contributed by atoms with Gasteiger partial charge in [0.15, 0.2) is 0 Å². The number of hydrogen-bond acceptors (Lipinski definition) is 5. The molecule has 1 heterocycles. The molecule has 1 amide bonds. The van der Waals surface area contributed by atoms with Gasteiger partial charge in [-0.3, -0.25) is 14.9 Å². The molecule has 0 bridgehead atoms. The van der Waals surface area contributed by atoms with Crippen molar-refractivity contribution in [3.8, 4) is 11.8 Å². The molecule has 3 rings (SSSR count). The summed E-state index contributed by atoms with van der Waals surface area (Å²) in [6.07, 6.45) is 4.57. The number of imidazole rings is 1. The molecule has 0 N–H and O–H groups in total. The lowest BCUT2D eigenvalue weighted by molar-refractivity contribution is -0.384. The minimum atomic E-state index is -0.525. The van der Waals surface area contributed by atoms with Crippen molar-refractivity contribution in [2.75, 3.05) is 7.05 Å². The van der Waals surface area contributed by atoms with Gasteiger partial charge in [-0.2, -0.15) is 5.26 Å². The van der Waals surface area contributed by atoms with Crippen molar-refractivity contribution in [3.05, 3.63) is 88.0 Å². The van der Waals surface area contributed by atoms with Crippen LogP contribution in [0.2, 0.25) is 0 Å². The van der Waals surface area contributed by atoms with Crippen LogP contribution in [0.4, 0.5) is 5.69 Å². The SMILES string of the molecule is CN(Cc1cccc(C#N)c1)C(=O)c1ccc(-n2ccnc2)c([N+](=O)[O-])c1. The summed E-state index contributed by atoms with van der Waals surface area (Å²) in [5.74, 6) is -0.349. The topological polar surface area (TPSA) is 105 Å². The third-order valence-electron chi connectivity index (χ3n) is 4.02. The number of nitrogens with zero attached hydrogens (tertiary/aromatic N) is 5. The minimum Gasteiger partial charge on any atom is -0.337 e. The average Bonchev–Trinajstić information content (AvgIpc) is 3.21. The second-order valence-corrected chi connectivity index (χ2v) is 5.90. The van der Waals surface area contributed by atoms with Gasteiger partial charge in [0.05, 0.1) is 22.9 Å². The highest BCUT2D eigenvalue weighted by Gasteiger charge is 2.20. The first-order valence-corrected chi connectivity index (χ1v) is 8.01. The Morgan fingerprint density at radius 3 is 2.81 bits per heavy atom. The summed E-state index contributed by atoms with van der Waals surface area (Å²) in [5.41, 5.74) is 1.67. The number of amides is 1. The molecule has 0 spiro atoms. The van der Waals surface area contributed by atoms with Gasteiger partial charge in [-0.05, 0) is 29.8 Å². The van der Waals surface area contributed by atoms with E-state index in [0.29, 0.717) is 11.3 Å². The third-order valence-corrected chi connectivity index (χ3v) is 4.02. The van der Waals surface area contributed by atoms with Gasteiger partial charge in [-0.15, -0.1) is 0 Å². The number of carbonyl (C=O) groups excluding carboxylic acids is 1. The lowest BCUT2D eigenvalue weighted by Crippen LogP contribution is -2.26. The summed E-state index contributed by atoms with van der Waals surface area (Å²) >= 11 is 0. The number of nitro benzene ring substituents is 1. The first-order valence-electron chi connectivity index (χ1n) is 8.01. The maximum Gasteiger partial charge on any atom is 0.294 e. The quantitative estimate of drug-likeness (QED) is 0.513. The molecule has 0 unspecified atom stereocenters. The van der Waals surface area contributed by atoms with Crippen LogP contribution in [0.25, 0.3) is 5.69 Å². The largest absolute Gasteiger partial charge is 0.337 e. The number of rotatable bonds is 5. The maximum atomic E-state index is 12.7. The summed E-state index contributed by atoms with van der Waals surface area (Å²) in [6.45, 7) is 0.283. The lowest BCUT2D eigenvalue weighted by Gasteiger charge is -2.18. The van der Waals surface area contributed by atoms with Gasteiger partial charge >= 0.3 is 0 Å². The molecule has 2 aromatic carbocycles. The summed E-state index contributed by atoms with van der Waals surface area (Å²) in [6, 6.07) is 13.3. The molecule has 134 valence electrons. The number of benzene rings is 2. The summed E-state index contributed by atoms with van der Waals surface area (Å²) in [5, 5.41) is 20.4. The Morgan fingerprint density at radius 1 is 1.33 bits per heavy atom. The second-order valence-electron chi connectivity index (χ2n) is 5.90. The Balaban J connectivity index is 1.86. The molecule has 0 fully saturated rings. The minimum absolute atomic E-state index is 0.182. The predicted octanol–water partition coefficient (Wildman–Crippen LogP) is 2.92. The van der Waals surface area contributed by atoms with Crippen molar-refractivity contribution in [2.24, 2.45) is 0 Å². The molecule has 8 heteroatoms. The van der Waals surface area contributed by atoms with Gasteiger partial charge in [0.25, 0.3) is 11.6 Å². The fourth-order valence-electron chi connectivity index (χ4n) is 2.73. The number of hydrogen-bond donors (Lipinski definition) is 0. The summed E-state index contributed by atoms with van der Waals surface area (Å²) in [4.78, 5) is 28.9. The smallest absolute Gasteiger partial charge is 0.294 e. The van der Waals surface area contributed by atoms with Crippen LogP contribution in [0.1, 0.15) is 21.5 Å². The van der Waals surface area contributed by atoms with Crippen molar-refractivity contribution >= 4 is 11.6 Å².